The second-order valence-corrected chi connectivity index (χ2v) is 10.6. The fourth-order valence-electron chi connectivity index (χ4n) is 4.81. The van der Waals surface area contributed by atoms with Crippen molar-refractivity contribution in [1.29, 1.82) is 0 Å². The highest BCUT2D eigenvalue weighted by Gasteiger charge is 2.32. The number of rotatable bonds is 10. The maximum Gasteiger partial charge on any atom is 0.273 e. The zero-order valence-electron chi connectivity index (χ0n) is 23.4. The third-order valence-electron chi connectivity index (χ3n) is 7.37. The summed E-state index contributed by atoms with van der Waals surface area (Å²) in [5.41, 5.74) is 3.04. The van der Waals surface area contributed by atoms with Crippen molar-refractivity contribution < 1.29 is 19.4 Å². The lowest BCUT2D eigenvalue weighted by Crippen LogP contribution is -2.51. The first-order chi connectivity index (χ1) is 19.2. The smallest absolute Gasteiger partial charge is 0.273 e. The molecule has 2 fully saturated rings. The minimum absolute atomic E-state index is 0.00832. The van der Waals surface area contributed by atoms with Crippen molar-refractivity contribution in [2.45, 2.75) is 51.8 Å². The normalized spacial score (nSPS) is 16.4. The molecule has 0 radical (unpaired) electrons. The van der Waals surface area contributed by atoms with Gasteiger partial charge in [0, 0.05) is 55.5 Å². The molecular formula is C28H36N8O4. The summed E-state index contributed by atoms with van der Waals surface area (Å²) in [6, 6.07) is 7.86. The molecule has 0 bridgehead atoms. The van der Waals surface area contributed by atoms with E-state index >= 15 is 0 Å². The van der Waals surface area contributed by atoms with E-state index in [0.29, 0.717) is 28.9 Å². The number of aromatic nitrogens is 4. The van der Waals surface area contributed by atoms with Gasteiger partial charge in [0.25, 0.3) is 5.91 Å². The van der Waals surface area contributed by atoms with Crippen molar-refractivity contribution in [2.75, 3.05) is 37.9 Å². The van der Waals surface area contributed by atoms with Crippen LogP contribution < -0.4 is 20.7 Å². The van der Waals surface area contributed by atoms with Crippen LogP contribution in [0.15, 0.2) is 30.5 Å². The molecule has 2 amide bonds. The van der Waals surface area contributed by atoms with E-state index in [0.717, 1.165) is 37.1 Å². The van der Waals surface area contributed by atoms with Gasteiger partial charge in [-0.05, 0) is 39.7 Å². The van der Waals surface area contributed by atoms with Gasteiger partial charge < -0.3 is 25.8 Å². The van der Waals surface area contributed by atoms with E-state index in [1.807, 2.05) is 29.1 Å². The summed E-state index contributed by atoms with van der Waals surface area (Å²) < 4.78 is 7.79. The summed E-state index contributed by atoms with van der Waals surface area (Å²) in [7, 11) is 3.07. The number of methoxy groups -OCH3 is 1. The van der Waals surface area contributed by atoms with Crippen molar-refractivity contribution in [1.82, 2.24) is 30.2 Å². The van der Waals surface area contributed by atoms with Gasteiger partial charge in [0.05, 0.1) is 36.3 Å². The number of benzene rings is 1. The second-order valence-electron chi connectivity index (χ2n) is 10.6. The zero-order chi connectivity index (χ0) is 28.6. The summed E-state index contributed by atoms with van der Waals surface area (Å²) in [5, 5.41) is 32.1. The van der Waals surface area contributed by atoms with Crippen LogP contribution in [0.4, 0.5) is 17.2 Å². The first-order valence-electron chi connectivity index (χ1n) is 13.6. The van der Waals surface area contributed by atoms with Gasteiger partial charge in [-0.2, -0.15) is 5.10 Å². The number of carbonyl (C=O) groups is 2. The van der Waals surface area contributed by atoms with E-state index in [-0.39, 0.29) is 29.4 Å². The highest BCUT2D eigenvalue weighted by Crippen LogP contribution is 2.41. The van der Waals surface area contributed by atoms with E-state index in [4.69, 9.17) is 9.84 Å². The Morgan fingerprint density at radius 2 is 1.85 bits per heavy atom. The first kappa shape index (κ1) is 27.5. The molecule has 1 saturated carbocycles. The van der Waals surface area contributed by atoms with Gasteiger partial charge in [-0.3, -0.25) is 19.2 Å². The van der Waals surface area contributed by atoms with Crippen molar-refractivity contribution >= 4 is 29.0 Å². The van der Waals surface area contributed by atoms with Gasteiger partial charge in [-0.25, -0.2) is 0 Å². The average Bonchev–Trinajstić information content (AvgIpc) is 3.66. The number of nitrogens with one attached hydrogen (secondary N) is 3. The lowest BCUT2D eigenvalue weighted by atomic mass is 10.0. The molecule has 1 aliphatic carbocycles. The van der Waals surface area contributed by atoms with Crippen LogP contribution in [0.3, 0.4) is 0 Å². The number of carbonyl (C=O) groups excluding carboxylic acids is 2. The Hall–Kier alpha value is -4.03. The van der Waals surface area contributed by atoms with Crippen LogP contribution in [0.1, 0.15) is 61.9 Å². The minimum Gasteiger partial charge on any atom is -0.494 e. The SMILES string of the molecule is CNC(=O)c1nnc(NC(=O)C2CC2)cc1Nc1cccc(-c2cn(C3CN(C(C)C)C3)nc2C(C)O)c1OC. The van der Waals surface area contributed by atoms with Crippen molar-refractivity contribution in [3.05, 3.63) is 41.9 Å². The third-order valence-corrected chi connectivity index (χ3v) is 7.37. The molecule has 1 unspecified atom stereocenters. The lowest BCUT2D eigenvalue weighted by Gasteiger charge is -2.41. The summed E-state index contributed by atoms with van der Waals surface area (Å²) in [4.78, 5) is 27.3. The molecule has 0 spiro atoms. The molecule has 4 N–H and O–H groups in total. The summed E-state index contributed by atoms with van der Waals surface area (Å²) in [5.74, 6) is 0.198. The van der Waals surface area contributed by atoms with E-state index < -0.39 is 12.0 Å². The molecule has 5 rings (SSSR count). The molecule has 12 nitrogen and oxygen atoms in total. The number of hydrogen-bond donors (Lipinski definition) is 4. The van der Waals surface area contributed by atoms with E-state index in [9.17, 15) is 14.7 Å². The number of anilines is 3. The third kappa shape index (κ3) is 5.50. The Kier molecular flexibility index (Phi) is 7.72. The van der Waals surface area contributed by atoms with Crippen LogP contribution in [0.2, 0.25) is 0 Å². The topological polar surface area (TPSA) is 147 Å². The maximum atomic E-state index is 12.6. The first-order valence-corrected chi connectivity index (χ1v) is 13.6. The van der Waals surface area contributed by atoms with Gasteiger partial charge in [0.2, 0.25) is 5.91 Å². The molecule has 3 heterocycles. The number of likely N-dealkylation sites (tertiary alicyclic amines) is 1. The largest absolute Gasteiger partial charge is 0.494 e. The van der Waals surface area contributed by atoms with Gasteiger partial charge >= 0.3 is 0 Å². The fraction of sp³-hybridized carbons (Fsp3) is 0.464. The second kappa shape index (κ2) is 11.2. The monoisotopic (exact) mass is 548 g/mol. The lowest BCUT2D eigenvalue weighted by molar-refractivity contribution is -0.117. The number of aliphatic hydroxyl groups is 1. The molecule has 1 saturated heterocycles. The van der Waals surface area contributed by atoms with Crippen LogP contribution in [0.5, 0.6) is 5.75 Å². The highest BCUT2D eigenvalue weighted by atomic mass is 16.5. The molecule has 1 aromatic carbocycles. The number of amides is 2. The van der Waals surface area contributed by atoms with Crippen LogP contribution in [-0.4, -0.2) is 75.1 Å². The summed E-state index contributed by atoms with van der Waals surface area (Å²) in [6.07, 6.45) is 2.88. The number of ether oxygens (including phenoxy) is 1. The Balaban J connectivity index is 1.50. The van der Waals surface area contributed by atoms with Gasteiger partial charge in [-0.15, -0.1) is 10.2 Å². The molecule has 40 heavy (non-hydrogen) atoms. The molecule has 2 aliphatic rings. The van der Waals surface area contributed by atoms with Gasteiger partial charge in [0.1, 0.15) is 5.75 Å². The van der Waals surface area contributed by atoms with E-state index in [1.165, 1.54) is 7.05 Å². The van der Waals surface area contributed by atoms with Crippen molar-refractivity contribution in [3.63, 3.8) is 0 Å². The van der Waals surface area contributed by atoms with Gasteiger partial charge in [0.15, 0.2) is 11.5 Å². The zero-order valence-corrected chi connectivity index (χ0v) is 23.4. The van der Waals surface area contributed by atoms with E-state index in [2.05, 4.69) is 44.9 Å². The summed E-state index contributed by atoms with van der Waals surface area (Å²) >= 11 is 0. The molecule has 212 valence electrons. The highest BCUT2D eigenvalue weighted by molar-refractivity contribution is 6.00. The standard InChI is InChI=1S/C28H36N8O4/c1-15(2)35-12-18(13-35)36-14-20(24(34-36)16(3)37)19-7-6-8-21(26(19)40-5)30-22-11-23(31-27(38)17-9-10-17)32-33-25(22)28(39)29-4/h6-8,11,14-18,37H,9-10,12-13H2,1-5H3,(H,29,39)(H2,30,31,32,38). The Morgan fingerprint density at radius 1 is 1.10 bits per heavy atom. The Bertz CT molecular complexity index is 1410. The van der Waals surface area contributed by atoms with Crippen molar-refractivity contribution in [2.24, 2.45) is 5.92 Å². The molecule has 12 heteroatoms. The van der Waals surface area contributed by atoms with Crippen molar-refractivity contribution in [3.8, 4) is 16.9 Å². The van der Waals surface area contributed by atoms with Crippen LogP contribution in [0, 0.1) is 5.92 Å². The number of hydrogen-bond acceptors (Lipinski definition) is 9. The maximum absolute atomic E-state index is 12.6. The predicted octanol–water partition coefficient (Wildman–Crippen LogP) is 3.12. The number of nitrogens with zero attached hydrogens (tertiary/aromatic N) is 5. The average molecular weight is 549 g/mol. The molecular weight excluding hydrogens is 512 g/mol. The molecule has 1 atom stereocenters. The van der Waals surface area contributed by atoms with Gasteiger partial charge in [-0.1, -0.05) is 12.1 Å². The molecule has 2 aromatic heterocycles. The minimum atomic E-state index is -0.791. The molecule has 1 aliphatic heterocycles. The Labute approximate surface area is 233 Å². The molecule has 3 aromatic rings. The van der Waals surface area contributed by atoms with Crippen LogP contribution >= 0.6 is 0 Å². The number of para-hydroxylation sites is 1. The predicted molar refractivity (Wildman–Crippen MR) is 151 cm³/mol. The van der Waals surface area contributed by atoms with Crippen LogP contribution in [0.25, 0.3) is 11.1 Å². The van der Waals surface area contributed by atoms with E-state index in [1.54, 1.807) is 20.1 Å². The fourth-order valence-corrected chi connectivity index (χ4v) is 4.81. The van der Waals surface area contributed by atoms with Crippen LogP contribution in [-0.2, 0) is 4.79 Å². The number of aliphatic hydroxyl groups excluding tert-OH is 1. The summed E-state index contributed by atoms with van der Waals surface area (Å²) in [6.45, 7) is 7.84. The quantitative estimate of drug-likeness (QED) is 0.300. The Morgan fingerprint density at radius 3 is 2.48 bits per heavy atom.